The van der Waals surface area contributed by atoms with E-state index in [2.05, 4.69) is 5.32 Å². The summed E-state index contributed by atoms with van der Waals surface area (Å²) in [5.41, 5.74) is 2.05. The summed E-state index contributed by atoms with van der Waals surface area (Å²) in [5.74, 6) is 0.101. The lowest BCUT2D eigenvalue weighted by molar-refractivity contribution is -0.128. The average Bonchev–Trinajstić information content (AvgIpc) is 3.34. The van der Waals surface area contributed by atoms with E-state index in [1.807, 2.05) is 55.5 Å². The number of carbonyl (C=O) groups excluding carboxylic acids is 3. The minimum atomic E-state index is -0.966. The first kappa shape index (κ1) is 26.4. The summed E-state index contributed by atoms with van der Waals surface area (Å²) < 4.78 is 11.5. The van der Waals surface area contributed by atoms with Gasteiger partial charge in [0.1, 0.15) is 17.5 Å². The summed E-state index contributed by atoms with van der Waals surface area (Å²) in [6.45, 7) is 3.20. The van der Waals surface area contributed by atoms with E-state index < -0.39 is 11.8 Å². The van der Waals surface area contributed by atoms with Gasteiger partial charge in [-0.3, -0.25) is 19.3 Å². The van der Waals surface area contributed by atoms with Crippen LogP contribution in [0.25, 0.3) is 0 Å². The zero-order chi connectivity index (χ0) is 27.4. The standard InChI is InChI=1S/C31H33N3O5/c1-22-7-6-10-25(19-22)30(37)34-27(28(35)32-20-23-8-4-3-5-9-23)21-39-31(34)15-17-33(18-16-31)29(36)24-11-13-26(38-2)14-12-24/h3-14,19,27H,15-18,20-21H2,1-2H3,(H,32,35). The van der Waals surface area contributed by atoms with Crippen LogP contribution < -0.4 is 10.1 Å². The number of hydrogen-bond donors (Lipinski definition) is 1. The van der Waals surface area contributed by atoms with Gasteiger partial charge >= 0.3 is 0 Å². The van der Waals surface area contributed by atoms with E-state index >= 15 is 0 Å². The third kappa shape index (κ3) is 5.52. The molecule has 0 bridgehead atoms. The third-order valence-corrected chi connectivity index (χ3v) is 7.53. The molecule has 8 nitrogen and oxygen atoms in total. The molecule has 8 heteroatoms. The van der Waals surface area contributed by atoms with Crippen LogP contribution in [0.2, 0.25) is 0 Å². The van der Waals surface area contributed by atoms with Crippen LogP contribution in [0.15, 0.2) is 78.9 Å². The van der Waals surface area contributed by atoms with Crippen LogP contribution in [0.3, 0.4) is 0 Å². The topological polar surface area (TPSA) is 88.2 Å². The number of nitrogens with one attached hydrogen (secondary N) is 1. The van der Waals surface area contributed by atoms with Crippen molar-refractivity contribution in [2.45, 2.75) is 38.1 Å². The highest BCUT2D eigenvalue weighted by Crippen LogP contribution is 2.39. The second-order valence-electron chi connectivity index (χ2n) is 10.0. The quantitative estimate of drug-likeness (QED) is 0.527. The van der Waals surface area contributed by atoms with Crippen molar-refractivity contribution < 1.29 is 23.9 Å². The van der Waals surface area contributed by atoms with Crippen molar-refractivity contribution in [3.8, 4) is 5.75 Å². The van der Waals surface area contributed by atoms with Gasteiger partial charge in [0.25, 0.3) is 11.8 Å². The van der Waals surface area contributed by atoms with Crippen LogP contribution >= 0.6 is 0 Å². The van der Waals surface area contributed by atoms with Gasteiger partial charge in [-0.2, -0.15) is 0 Å². The molecule has 1 atom stereocenters. The Morgan fingerprint density at radius 3 is 2.31 bits per heavy atom. The van der Waals surface area contributed by atoms with Gasteiger partial charge in [-0.15, -0.1) is 0 Å². The maximum atomic E-state index is 13.9. The third-order valence-electron chi connectivity index (χ3n) is 7.53. The van der Waals surface area contributed by atoms with Crippen LogP contribution in [0.1, 0.15) is 44.7 Å². The lowest BCUT2D eigenvalue weighted by Gasteiger charge is -2.44. The zero-order valence-corrected chi connectivity index (χ0v) is 22.3. The Kier molecular flexibility index (Phi) is 7.65. The van der Waals surface area contributed by atoms with Crippen molar-refractivity contribution in [2.24, 2.45) is 0 Å². The van der Waals surface area contributed by atoms with E-state index in [1.54, 1.807) is 47.2 Å². The van der Waals surface area contributed by atoms with Gasteiger partial charge in [0.15, 0.2) is 0 Å². The van der Waals surface area contributed by atoms with E-state index in [1.165, 1.54) is 0 Å². The summed E-state index contributed by atoms with van der Waals surface area (Å²) in [4.78, 5) is 43.9. The molecule has 0 aliphatic carbocycles. The maximum Gasteiger partial charge on any atom is 0.256 e. The van der Waals surface area contributed by atoms with Crippen LogP contribution in [-0.4, -0.2) is 66.1 Å². The first-order valence-electron chi connectivity index (χ1n) is 13.2. The molecule has 5 rings (SSSR count). The van der Waals surface area contributed by atoms with E-state index in [4.69, 9.17) is 9.47 Å². The number of methoxy groups -OCH3 is 1. The summed E-state index contributed by atoms with van der Waals surface area (Å²) in [5, 5.41) is 2.98. The van der Waals surface area contributed by atoms with Crippen molar-refractivity contribution >= 4 is 17.7 Å². The predicted molar refractivity (Wildman–Crippen MR) is 146 cm³/mol. The number of benzene rings is 3. The zero-order valence-electron chi connectivity index (χ0n) is 22.3. The number of aryl methyl sites for hydroxylation is 1. The number of rotatable bonds is 6. The molecule has 2 fully saturated rings. The molecular formula is C31H33N3O5. The minimum absolute atomic E-state index is 0.0841. The Morgan fingerprint density at radius 2 is 1.64 bits per heavy atom. The van der Waals surface area contributed by atoms with Gasteiger partial charge in [-0.25, -0.2) is 0 Å². The van der Waals surface area contributed by atoms with E-state index in [-0.39, 0.29) is 24.3 Å². The summed E-state index contributed by atoms with van der Waals surface area (Å²) in [6, 6.07) is 23.3. The predicted octanol–water partition coefficient (Wildman–Crippen LogP) is 3.79. The molecule has 1 N–H and O–H groups in total. The lowest BCUT2D eigenvalue weighted by Crippen LogP contribution is -2.59. The fraction of sp³-hybridized carbons (Fsp3) is 0.323. The first-order valence-corrected chi connectivity index (χ1v) is 13.2. The largest absolute Gasteiger partial charge is 0.497 e. The van der Waals surface area contributed by atoms with E-state index in [0.29, 0.717) is 49.4 Å². The normalized spacial score (nSPS) is 18.2. The highest BCUT2D eigenvalue weighted by atomic mass is 16.5. The smallest absolute Gasteiger partial charge is 0.256 e. The van der Waals surface area contributed by atoms with Crippen LogP contribution in [0.5, 0.6) is 5.75 Å². The molecule has 3 amide bonds. The number of amides is 3. The molecule has 2 saturated heterocycles. The van der Waals surface area contributed by atoms with E-state index in [0.717, 1.165) is 11.1 Å². The summed E-state index contributed by atoms with van der Waals surface area (Å²) in [7, 11) is 1.58. The Balaban J connectivity index is 1.35. The molecule has 0 saturated carbocycles. The van der Waals surface area contributed by atoms with Crippen LogP contribution in [0.4, 0.5) is 0 Å². The first-order chi connectivity index (χ1) is 18.9. The van der Waals surface area contributed by atoms with Crippen molar-refractivity contribution in [1.82, 2.24) is 15.1 Å². The van der Waals surface area contributed by atoms with Gasteiger partial charge < -0.3 is 19.7 Å². The van der Waals surface area contributed by atoms with Gasteiger partial charge in [-0.1, -0.05) is 48.0 Å². The number of hydrogen-bond acceptors (Lipinski definition) is 5. The maximum absolute atomic E-state index is 13.9. The Labute approximate surface area is 228 Å². The highest BCUT2D eigenvalue weighted by Gasteiger charge is 2.54. The number of likely N-dealkylation sites (tertiary alicyclic amines) is 1. The Hall–Kier alpha value is -4.17. The molecular weight excluding hydrogens is 494 g/mol. The fourth-order valence-electron chi connectivity index (χ4n) is 5.36. The summed E-state index contributed by atoms with van der Waals surface area (Å²) >= 11 is 0. The number of piperidine rings is 1. The second-order valence-corrected chi connectivity index (χ2v) is 10.0. The monoisotopic (exact) mass is 527 g/mol. The fourth-order valence-corrected chi connectivity index (χ4v) is 5.36. The number of carbonyl (C=O) groups is 3. The molecule has 39 heavy (non-hydrogen) atoms. The molecule has 202 valence electrons. The lowest BCUT2D eigenvalue weighted by atomic mass is 9.95. The molecule has 0 aromatic heterocycles. The molecule has 2 aliphatic rings. The summed E-state index contributed by atoms with van der Waals surface area (Å²) in [6.07, 6.45) is 0.823. The van der Waals surface area contributed by atoms with Crippen LogP contribution in [0, 0.1) is 6.92 Å². The van der Waals surface area contributed by atoms with Crippen LogP contribution in [-0.2, 0) is 16.1 Å². The average molecular weight is 528 g/mol. The molecule has 3 aromatic rings. The number of nitrogens with zero attached hydrogens (tertiary/aromatic N) is 2. The van der Waals surface area contributed by atoms with Crippen molar-refractivity contribution in [2.75, 3.05) is 26.8 Å². The SMILES string of the molecule is COc1ccc(C(=O)N2CCC3(CC2)OCC(C(=O)NCc2ccccc2)N3C(=O)c2cccc(C)c2)cc1. The van der Waals surface area contributed by atoms with Crippen molar-refractivity contribution in [3.05, 3.63) is 101 Å². The number of ether oxygens (including phenoxy) is 2. The minimum Gasteiger partial charge on any atom is -0.497 e. The molecule has 2 aliphatic heterocycles. The van der Waals surface area contributed by atoms with Crippen molar-refractivity contribution in [1.29, 1.82) is 0 Å². The highest BCUT2D eigenvalue weighted by molar-refractivity contribution is 5.99. The van der Waals surface area contributed by atoms with Gasteiger partial charge in [0.05, 0.1) is 13.7 Å². The molecule has 0 radical (unpaired) electrons. The van der Waals surface area contributed by atoms with Gasteiger partial charge in [0.2, 0.25) is 5.91 Å². The molecule has 1 spiro atoms. The second kappa shape index (κ2) is 11.3. The van der Waals surface area contributed by atoms with E-state index in [9.17, 15) is 14.4 Å². The molecule has 2 heterocycles. The van der Waals surface area contributed by atoms with Gasteiger partial charge in [-0.05, 0) is 48.9 Å². The Bertz CT molecular complexity index is 1330. The van der Waals surface area contributed by atoms with Gasteiger partial charge in [0, 0.05) is 43.6 Å². The molecule has 3 aromatic carbocycles. The Morgan fingerprint density at radius 1 is 0.923 bits per heavy atom. The van der Waals surface area contributed by atoms with Crippen molar-refractivity contribution in [3.63, 3.8) is 0 Å². The molecule has 1 unspecified atom stereocenters.